The molecule has 3 aliphatic rings. The van der Waals surface area contributed by atoms with Crippen LogP contribution in [0.2, 0.25) is 10.0 Å². The number of pyridine rings is 2. The van der Waals surface area contributed by atoms with Gasteiger partial charge in [-0.3, -0.25) is 15.0 Å². The highest BCUT2D eigenvalue weighted by atomic mass is 35.5. The number of carbonyl (C=O) groups excluding carboxylic acids is 1. The Hall–Kier alpha value is -4.78. The van der Waals surface area contributed by atoms with Crippen LogP contribution in [0.15, 0.2) is 67.1 Å². The molecule has 3 saturated heterocycles. The summed E-state index contributed by atoms with van der Waals surface area (Å²) in [6, 6.07) is 13.7. The monoisotopic (exact) mass is 737 g/mol. The molecule has 2 bridgehead atoms. The number of nitrogens with zero attached hydrogens (tertiary/aromatic N) is 4. The second kappa shape index (κ2) is 15.6. The van der Waals surface area contributed by atoms with Crippen molar-refractivity contribution in [1.82, 2.24) is 9.88 Å². The number of fused-ring (bicyclic) bond motifs is 3. The fourth-order valence-corrected chi connectivity index (χ4v) is 7.63. The van der Waals surface area contributed by atoms with Gasteiger partial charge in [0.2, 0.25) is 18.3 Å². The minimum atomic E-state index is -1.15. The van der Waals surface area contributed by atoms with Gasteiger partial charge in [-0.2, -0.15) is 0 Å². The molecule has 0 unspecified atom stereocenters. The molecule has 0 radical (unpaired) electrons. The van der Waals surface area contributed by atoms with E-state index in [9.17, 15) is 19.9 Å². The van der Waals surface area contributed by atoms with Crippen molar-refractivity contribution >= 4 is 41.0 Å². The Labute approximate surface area is 305 Å². The number of aromatic nitrogens is 2. The second-order valence-corrected chi connectivity index (χ2v) is 13.4. The number of carbonyl (C=O) groups is 2. The topological polar surface area (TPSA) is 135 Å². The average Bonchev–Trinajstić information content (AvgIpc) is 3.13. The number of rotatable bonds is 12. The number of carboxylic acid groups (broad SMARTS) is 1. The zero-order valence-electron chi connectivity index (χ0n) is 28.4. The molecule has 0 spiro atoms. The van der Waals surface area contributed by atoms with Crippen LogP contribution >= 0.6 is 23.2 Å². The average molecular weight is 739 g/mol. The van der Waals surface area contributed by atoms with Gasteiger partial charge < -0.3 is 24.1 Å². The van der Waals surface area contributed by atoms with Crippen LogP contribution in [-0.2, 0) is 17.7 Å². The number of hydrogen-bond acceptors (Lipinski definition) is 9. The molecule has 268 valence electrons. The van der Waals surface area contributed by atoms with Crippen LogP contribution in [0, 0.1) is 5.92 Å². The van der Waals surface area contributed by atoms with E-state index in [2.05, 4.69) is 9.88 Å². The number of hydrogen-bond donors (Lipinski definition) is 2. The molecule has 4 aromatic rings. The van der Waals surface area contributed by atoms with Gasteiger partial charge >= 0.3 is 12.1 Å². The van der Waals surface area contributed by atoms with Gasteiger partial charge in [-0.15, -0.1) is 0 Å². The maximum absolute atomic E-state index is 14.1. The first-order chi connectivity index (χ1) is 24.6. The number of piperidine rings is 3. The molecule has 3 aliphatic heterocycles. The van der Waals surface area contributed by atoms with Gasteiger partial charge in [-0.05, 0) is 85.3 Å². The van der Waals surface area contributed by atoms with Gasteiger partial charge in [0.05, 0.1) is 33.4 Å². The Kier molecular flexibility index (Phi) is 11.0. The third kappa shape index (κ3) is 7.78. The summed E-state index contributed by atoms with van der Waals surface area (Å²) in [5.41, 5.74) is 2.69. The first kappa shape index (κ1) is 36.0. The SMILES string of the molecule is COc1ccc([C@H](Cc2c(Cl)c[n+](O)cc2Cl)c2cc(CN(C(=O)O[C@H]3CN4CCC3CC4)c3cccnc3OC)ccc2C(=O)O)cc1OC. The Morgan fingerprint density at radius 2 is 1.73 bits per heavy atom. The summed E-state index contributed by atoms with van der Waals surface area (Å²) < 4.78 is 23.6. The zero-order chi connectivity index (χ0) is 36.2. The highest BCUT2D eigenvalue weighted by Crippen LogP contribution is 2.40. The van der Waals surface area contributed by atoms with E-state index in [1.165, 1.54) is 44.7 Å². The van der Waals surface area contributed by atoms with Crippen molar-refractivity contribution < 1.29 is 43.6 Å². The molecule has 0 aliphatic carbocycles. The standard InChI is InChI=1S/C37H38Cl2N4O8/c1-48-32-9-7-24(16-33(32)49-2)26(17-28-29(38)19-42(47)20-30(28)39)27-15-22(6-8-25(27)36(44)45)18-43(31-5-4-12-40-35(31)50-3)37(46)51-34-21-41-13-10-23(34)11-14-41/h4-9,12,15-16,19-20,23,26,34H,10-11,13-14,17-18,21H2,1-3H3,(H-,44,45,47)/p+1/t26-,34-/m0/s1. The molecule has 2 N–H and O–H groups in total. The molecular weight excluding hydrogens is 699 g/mol. The van der Waals surface area contributed by atoms with E-state index in [1.807, 2.05) is 6.07 Å². The summed E-state index contributed by atoms with van der Waals surface area (Å²) in [4.78, 5) is 35.0. The zero-order valence-corrected chi connectivity index (χ0v) is 29.9. The number of benzene rings is 2. The van der Waals surface area contributed by atoms with Crippen molar-refractivity contribution in [3.05, 3.63) is 105 Å². The first-order valence-electron chi connectivity index (χ1n) is 16.5. The van der Waals surface area contributed by atoms with Gasteiger partial charge in [0.15, 0.2) is 11.5 Å². The molecule has 3 fully saturated rings. The Morgan fingerprint density at radius 3 is 2.35 bits per heavy atom. The van der Waals surface area contributed by atoms with Crippen LogP contribution in [-0.4, -0.2) is 79.3 Å². The van der Waals surface area contributed by atoms with Crippen LogP contribution < -0.4 is 23.8 Å². The molecule has 2 atom stereocenters. The third-order valence-electron chi connectivity index (χ3n) is 9.65. The number of halogens is 2. The number of methoxy groups -OCH3 is 3. The van der Waals surface area contributed by atoms with E-state index < -0.39 is 18.0 Å². The van der Waals surface area contributed by atoms with E-state index >= 15 is 0 Å². The van der Waals surface area contributed by atoms with Crippen molar-refractivity contribution in [3.8, 4) is 17.4 Å². The van der Waals surface area contributed by atoms with E-state index in [0.29, 0.717) is 46.0 Å². The van der Waals surface area contributed by atoms with Crippen molar-refractivity contribution in [1.29, 1.82) is 0 Å². The highest BCUT2D eigenvalue weighted by Gasteiger charge is 2.38. The van der Waals surface area contributed by atoms with Gasteiger partial charge in [0.1, 0.15) is 21.8 Å². The van der Waals surface area contributed by atoms with E-state index in [1.54, 1.807) is 42.6 Å². The van der Waals surface area contributed by atoms with Crippen molar-refractivity contribution in [2.45, 2.75) is 37.8 Å². The van der Waals surface area contributed by atoms with Gasteiger partial charge in [-0.25, -0.2) is 14.6 Å². The van der Waals surface area contributed by atoms with Crippen LogP contribution in [0.1, 0.15) is 51.4 Å². The molecular formula is C37H39Cl2N4O8+. The fraction of sp³-hybridized carbons (Fsp3) is 0.351. The predicted molar refractivity (Wildman–Crippen MR) is 189 cm³/mol. The summed E-state index contributed by atoms with van der Waals surface area (Å²) >= 11 is 13.2. The van der Waals surface area contributed by atoms with Gasteiger partial charge in [-0.1, -0.05) is 41.4 Å². The van der Waals surface area contributed by atoms with Crippen LogP contribution in [0.3, 0.4) is 0 Å². The number of ether oxygens (including phenoxy) is 4. The first-order valence-corrected chi connectivity index (χ1v) is 17.2. The predicted octanol–water partition coefficient (Wildman–Crippen LogP) is 6.25. The van der Waals surface area contributed by atoms with Gasteiger partial charge in [0, 0.05) is 29.0 Å². The Bertz CT molecular complexity index is 1900. The maximum atomic E-state index is 14.1. The minimum Gasteiger partial charge on any atom is -0.493 e. The lowest BCUT2D eigenvalue weighted by atomic mass is 9.82. The van der Waals surface area contributed by atoms with Crippen LogP contribution in [0.4, 0.5) is 10.5 Å². The van der Waals surface area contributed by atoms with Crippen LogP contribution in [0.5, 0.6) is 17.4 Å². The van der Waals surface area contributed by atoms with Crippen LogP contribution in [0.25, 0.3) is 0 Å². The summed E-state index contributed by atoms with van der Waals surface area (Å²) in [6.07, 6.45) is 5.48. The Morgan fingerprint density at radius 1 is 1.00 bits per heavy atom. The summed E-state index contributed by atoms with van der Waals surface area (Å²) in [5.74, 6) is -0.321. The lowest BCUT2D eigenvalue weighted by Gasteiger charge is -2.44. The smallest absolute Gasteiger partial charge is 0.415 e. The number of aromatic carboxylic acids is 1. The van der Waals surface area contributed by atoms with Crippen molar-refractivity contribution in [2.75, 3.05) is 45.9 Å². The molecule has 14 heteroatoms. The third-order valence-corrected chi connectivity index (χ3v) is 10.3. The maximum Gasteiger partial charge on any atom is 0.415 e. The quantitative estimate of drug-likeness (QED) is 0.127. The lowest BCUT2D eigenvalue weighted by Crippen LogP contribution is -2.53. The second-order valence-electron chi connectivity index (χ2n) is 12.6. The van der Waals surface area contributed by atoms with Crippen molar-refractivity contribution in [3.63, 3.8) is 0 Å². The normalized spacial score (nSPS) is 18.5. The summed E-state index contributed by atoms with van der Waals surface area (Å²) in [7, 11) is 4.52. The van der Waals surface area contributed by atoms with Crippen molar-refractivity contribution in [2.24, 2.45) is 5.92 Å². The highest BCUT2D eigenvalue weighted by molar-refractivity contribution is 6.35. The number of carboxylic acids is 1. The molecule has 12 nitrogen and oxygen atoms in total. The van der Waals surface area contributed by atoms with E-state index in [4.69, 9.17) is 42.1 Å². The molecule has 1 amide bonds. The summed E-state index contributed by atoms with van der Waals surface area (Å²) in [6.45, 7) is 2.70. The number of amides is 1. The van der Waals surface area contributed by atoms with E-state index in [-0.39, 0.29) is 46.5 Å². The lowest BCUT2D eigenvalue weighted by molar-refractivity contribution is -0.904. The molecule has 2 aromatic heterocycles. The Balaban J connectivity index is 1.44. The minimum absolute atomic E-state index is 0.0188. The molecule has 2 aromatic carbocycles. The van der Waals surface area contributed by atoms with Gasteiger partial charge in [0.25, 0.3) is 0 Å². The fourth-order valence-electron chi connectivity index (χ4n) is 7.02. The number of anilines is 1. The molecule has 0 saturated carbocycles. The molecule has 7 rings (SSSR count). The molecule has 51 heavy (non-hydrogen) atoms. The van der Waals surface area contributed by atoms with E-state index in [0.717, 1.165) is 30.7 Å². The summed E-state index contributed by atoms with van der Waals surface area (Å²) in [5, 5.41) is 20.9. The molecule has 5 heterocycles. The largest absolute Gasteiger partial charge is 0.493 e.